The van der Waals surface area contributed by atoms with E-state index in [1.54, 1.807) is 4.68 Å². The third-order valence-corrected chi connectivity index (χ3v) is 6.20. The van der Waals surface area contributed by atoms with E-state index in [-0.39, 0.29) is 5.78 Å². The number of hydrogen-bond acceptors (Lipinski definition) is 6. The van der Waals surface area contributed by atoms with Gasteiger partial charge in [0.05, 0.1) is 0 Å². The van der Waals surface area contributed by atoms with Gasteiger partial charge in [-0.2, -0.15) is 4.68 Å². The maximum Gasteiger partial charge on any atom is 0.248 e. The predicted molar refractivity (Wildman–Crippen MR) is 115 cm³/mol. The number of rotatable bonds is 4. The highest BCUT2D eigenvalue weighted by molar-refractivity contribution is 9.10. The van der Waals surface area contributed by atoms with Gasteiger partial charge in [0.25, 0.3) is 0 Å². The van der Waals surface area contributed by atoms with E-state index in [2.05, 4.69) is 36.8 Å². The van der Waals surface area contributed by atoms with Crippen molar-refractivity contribution < 1.29 is 9.53 Å². The van der Waals surface area contributed by atoms with Crippen LogP contribution in [0.15, 0.2) is 58.2 Å². The Hall–Kier alpha value is -2.71. The van der Waals surface area contributed by atoms with E-state index in [4.69, 9.17) is 16.3 Å². The highest BCUT2D eigenvalue weighted by Gasteiger charge is 2.38. The molecule has 3 aromatic rings. The summed E-state index contributed by atoms with van der Waals surface area (Å²) in [6, 6.07) is 12.9. The summed E-state index contributed by atoms with van der Waals surface area (Å²) in [5.74, 6) is 1.27. The molecule has 0 amide bonds. The van der Waals surface area contributed by atoms with E-state index in [1.165, 1.54) is 0 Å². The van der Waals surface area contributed by atoms with Crippen LogP contribution in [-0.4, -0.2) is 26.0 Å². The van der Waals surface area contributed by atoms with Gasteiger partial charge in [0.1, 0.15) is 18.4 Å². The molecule has 0 saturated heterocycles. The molecule has 0 radical (unpaired) electrons. The summed E-state index contributed by atoms with van der Waals surface area (Å²) >= 11 is 9.84. The quantitative estimate of drug-likeness (QED) is 0.576. The smallest absolute Gasteiger partial charge is 0.248 e. The molecule has 1 aromatic heterocycles. The Kier molecular flexibility index (Phi) is 5.04. The first-order chi connectivity index (χ1) is 14.6. The Morgan fingerprint density at radius 3 is 2.97 bits per heavy atom. The number of carbonyl (C=O) groups excluding carboxylic acids is 1. The van der Waals surface area contributed by atoms with Crippen LogP contribution >= 0.6 is 27.5 Å². The highest BCUT2D eigenvalue weighted by atomic mass is 79.9. The number of allylic oxidation sites excluding steroid dienone is 2. The number of ether oxygens (including phenoxy) is 1. The number of nitrogens with one attached hydrogen (secondary N) is 1. The topological polar surface area (TPSA) is 81.9 Å². The van der Waals surface area contributed by atoms with Gasteiger partial charge in [-0.25, -0.2) is 0 Å². The van der Waals surface area contributed by atoms with Crippen molar-refractivity contribution in [3.8, 4) is 5.75 Å². The fourth-order valence-corrected chi connectivity index (χ4v) is 4.51. The summed E-state index contributed by atoms with van der Waals surface area (Å²) < 4.78 is 8.70. The largest absolute Gasteiger partial charge is 0.488 e. The number of nitrogens with zero attached hydrogens (tertiary/aromatic N) is 4. The minimum absolute atomic E-state index is 0.104. The molecule has 9 heteroatoms. The van der Waals surface area contributed by atoms with Crippen LogP contribution in [-0.2, 0) is 11.4 Å². The van der Waals surface area contributed by atoms with Gasteiger partial charge in [-0.3, -0.25) is 4.79 Å². The first kappa shape index (κ1) is 19.3. The van der Waals surface area contributed by atoms with Crippen molar-refractivity contribution in [3.63, 3.8) is 0 Å². The van der Waals surface area contributed by atoms with Crippen molar-refractivity contribution in [2.75, 3.05) is 5.32 Å². The number of anilines is 1. The van der Waals surface area contributed by atoms with Gasteiger partial charge in [0, 0.05) is 38.3 Å². The Morgan fingerprint density at radius 2 is 2.10 bits per heavy atom. The number of benzene rings is 2. The zero-order valence-electron chi connectivity index (χ0n) is 15.8. The first-order valence-electron chi connectivity index (χ1n) is 9.58. The van der Waals surface area contributed by atoms with Crippen LogP contribution in [0, 0.1) is 0 Å². The Balaban J connectivity index is 1.59. The molecular formula is C21H17BrClN5O2. The minimum Gasteiger partial charge on any atom is -0.488 e. The fraction of sp³-hybridized carbons (Fsp3) is 0.238. The fourth-order valence-electron chi connectivity index (χ4n) is 3.94. The number of carbonyl (C=O) groups is 1. The van der Waals surface area contributed by atoms with Crippen molar-refractivity contribution in [2.24, 2.45) is 0 Å². The van der Waals surface area contributed by atoms with Crippen LogP contribution < -0.4 is 10.1 Å². The molecule has 2 aliphatic rings. The number of hydrogen-bond donors (Lipinski definition) is 1. The number of aromatic nitrogens is 4. The Bertz CT molecular complexity index is 1180. The van der Waals surface area contributed by atoms with Crippen molar-refractivity contribution >= 4 is 39.3 Å². The summed E-state index contributed by atoms with van der Waals surface area (Å²) in [6.07, 6.45) is 2.11. The van der Waals surface area contributed by atoms with Crippen LogP contribution in [0.4, 0.5) is 5.95 Å². The molecule has 30 heavy (non-hydrogen) atoms. The molecule has 0 fully saturated rings. The second kappa shape index (κ2) is 7.85. The molecule has 2 aromatic carbocycles. The number of halogens is 2. The normalized spacial score (nSPS) is 17.9. The van der Waals surface area contributed by atoms with Gasteiger partial charge in [-0.1, -0.05) is 50.8 Å². The third kappa shape index (κ3) is 3.40. The van der Waals surface area contributed by atoms with E-state index >= 15 is 0 Å². The molecule has 7 nitrogen and oxygen atoms in total. The lowest BCUT2D eigenvalue weighted by Gasteiger charge is -2.32. The van der Waals surface area contributed by atoms with Crippen molar-refractivity contribution in [3.05, 3.63) is 74.4 Å². The standard InChI is InChI=1S/C21H17BrClN5O2/c22-13-8-9-18(30-11-12-4-1-2-5-15(12)23)14(10-13)20-19-16(6-3-7-17(19)29)24-21-25-26-27-28(20)21/h1-2,4-5,8-10,20H,3,6-7,11H2,(H,24,25,27). The lowest BCUT2D eigenvalue weighted by Crippen LogP contribution is -2.31. The van der Waals surface area contributed by atoms with Crippen LogP contribution in [0.1, 0.15) is 36.4 Å². The lowest BCUT2D eigenvalue weighted by atomic mass is 9.85. The van der Waals surface area contributed by atoms with Gasteiger partial charge in [0.2, 0.25) is 5.95 Å². The average Bonchev–Trinajstić information content (AvgIpc) is 3.21. The molecule has 0 saturated carbocycles. The molecule has 1 atom stereocenters. The molecule has 5 rings (SSSR count). The van der Waals surface area contributed by atoms with Crippen molar-refractivity contribution in [2.45, 2.75) is 31.9 Å². The minimum atomic E-state index is -0.460. The maximum atomic E-state index is 12.9. The van der Waals surface area contributed by atoms with Gasteiger partial charge in [0.15, 0.2) is 5.78 Å². The van der Waals surface area contributed by atoms with Crippen molar-refractivity contribution in [1.82, 2.24) is 20.2 Å². The van der Waals surface area contributed by atoms with Gasteiger partial charge in [-0.15, -0.1) is 0 Å². The summed E-state index contributed by atoms with van der Waals surface area (Å²) in [6.45, 7) is 0.307. The number of tetrazole rings is 1. The summed E-state index contributed by atoms with van der Waals surface area (Å²) in [5.41, 5.74) is 3.28. The van der Waals surface area contributed by atoms with Crippen molar-refractivity contribution in [1.29, 1.82) is 0 Å². The first-order valence-corrected chi connectivity index (χ1v) is 10.8. The Morgan fingerprint density at radius 1 is 1.23 bits per heavy atom. The van der Waals surface area contributed by atoms with E-state index in [1.807, 2.05) is 42.5 Å². The molecule has 152 valence electrons. The number of ketones is 1. The number of Topliss-reactive ketones (excluding diaryl/α,β-unsaturated/α-hetero) is 1. The maximum absolute atomic E-state index is 12.9. The second-order valence-corrected chi connectivity index (χ2v) is 8.53. The van der Waals surface area contributed by atoms with E-state index in [0.717, 1.165) is 34.1 Å². The van der Waals surface area contributed by atoms with E-state index in [0.29, 0.717) is 35.3 Å². The summed E-state index contributed by atoms with van der Waals surface area (Å²) in [7, 11) is 0. The average molecular weight is 487 g/mol. The van der Waals surface area contributed by atoms with Crippen LogP contribution in [0.2, 0.25) is 5.02 Å². The van der Waals surface area contributed by atoms with Crippen LogP contribution in [0.5, 0.6) is 5.75 Å². The van der Waals surface area contributed by atoms with E-state index < -0.39 is 6.04 Å². The van der Waals surface area contributed by atoms with E-state index in [9.17, 15) is 4.79 Å². The zero-order chi connectivity index (χ0) is 20.7. The van der Waals surface area contributed by atoms with Gasteiger partial charge < -0.3 is 10.1 Å². The monoisotopic (exact) mass is 485 g/mol. The molecule has 1 aliphatic heterocycles. The molecule has 0 spiro atoms. The van der Waals surface area contributed by atoms with Crippen LogP contribution in [0.25, 0.3) is 0 Å². The zero-order valence-corrected chi connectivity index (χ0v) is 18.2. The SMILES string of the molecule is O=C1CCCC2=C1C(c1cc(Br)ccc1OCc1ccccc1Cl)n1nnnc1N2. The molecule has 2 heterocycles. The highest BCUT2D eigenvalue weighted by Crippen LogP contribution is 2.43. The number of fused-ring (bicyclic) bond motifs is 1. The lowest BCUT2D eigenvalue weighted by molar-refractivity contribution is -0.116. The van der Waals surface area contributed by atoms with Gasteiger partial charge >= 0.3 is 0 Å². The summed E-state index contributed by atoms with van der Waals surface area (Å²) in [4.78, 5) is 12.9. The molecule has 1 aliphatic carbocycles. The summed E-state index contributed by atoms with van der Waals surface area (Å²) in [5, 5.41) is 15.9. The molecular weight excluding hydrogens is 470 g/mol. The third-order valence-electron chi connectivity index (χ3n) is 5.34. The second-order valence-electron chi connectivity index (χ2n) is 7.21. The van der Waals surface area contributed by atoms with Gasteiger partial charge in [-0.05, 0) is 47.5 Å². The van der Waals surface area contributed by atoms with Crippen LogP contribution in [0.3, 0.4) is 0 Å². The predicted octanol–water partition coefficient (Wildman–Crippen LogP) is 4.69. The molecule has 1 unspecified atom stereocenters. The Labute approximate surface area is 186 Å². The molecule has 0 bridgehead atoms. The molecule has 1 N–H and O–H groups in total.